The van der Waals surface area contributed by atoms with Crippen molar-refractivity contribution in [3.8, 4) is 11.5 Å². The molecule has 2 aromatic carbocycles. The van der Waals surface area contributed by atoms with E-state index in [1.165, 1.54) is 12.1 Å². The van der Waals surface area contributed by atoms with Crippen molar-refractivity contribution in [2.24, 2.45) is 0 Å². The Morgan fingerprint density at radius 3 is 1.14 bits per heavy atom. The summed E-state index contributed by atoms with van der Waals surface area (Å²) in [6, 6.07) is 7.30. The van der Waals surface area contributed by atoms with Gasteiger partial charge >= 0.3 is 23.6 Å². The van der Waals surface area contributed by atoms with Gasteiger partial charge in [-0.25, -0.2) is 0 Å². The van der Waals surface area contributed by atoms with E-state index in [2.05, 4.69) is 9.47 Å². The van der Waals surface area contributed by atoms with Crippen LogP contribution in [0.3, 0.4) is 0 Å². The highest BCUT2D eigenvalue weighted by Gasteiger charge is 3.03. The summed E-state index contributed by atoms with van der Waals surface area (Å²) in [5, 5.41) is 0. The van der Waals surface area contributed by atoms with Crippen molar-refractivity contribution in [1.29, 1.82) is 0 Å². The Balaban J connectivity index is 2.02. The Bertz CT molecular complexity index is 853. The molecule has 0 bridgehead atoms. The molecule has 28 heavy (non-hydrogen) atoms. The van der Waals surface area contributed by atoms with Gasteiger partial charge in [0.05, 0.1) is 0 Å². The summed E-state index contributed by atoms with van der Waals surface area (Å²) in [6.45, 7) is 6.54. The van der Waals surface area contributed by atoms with Crippen LogP contribution in [0.2, 0.25) is 0 Å². The minimum Gasteiger partial charge on any atom is -0.447 e. The summed E-state index contributed by atoms with van der Waals surface area (Å²) in [6.07, 6.45) is 0. The van der Waals surface area contributed by atoms with Crippen molar-refractivity contribution in [1.82, 2.24) is 0 Å². The van der Waals surface area contributed by atoms with Crippen molar-refractivity contribution >= 4 is 0 Å². The highest BCUT2D eigenvalue weighted by Crippen LogP contribution is 2.68. The van der Waals surface area contributed by atoms with Gasteiger partial charge in [-0.05, 0) is 74.2 Å². The maximum atomic E-state index is 15.1. The lowest BCUT2D eigenvalue weighted by Gasteiger charge is -2.55. The van der Waals surface area contributed by atoms with Gasteiger partial charge in [-0.3, -0.25) is 0 Å². The molecule has 152 valence electrons. The molecule has 0 saturated heterocycles. The molecule has 3 rings (SSSR count). The van der Waals surface area contributed by atoms with Gasteiger partial charge in [0.2, 0.25) is 0 Å². The molecule has 0 radical (unpaired) electrons. The largest absolute Gasteiger partial charge is 0.447 e. The van der Waals surface area contributed by atoms with Gasteiger partial charge in [0.15, 0.2) is 0 Å². The molecule has 0 N–H and O–H groups in total. The van der Waals surface area contributed by atoms with Gasteiger partial charge in [0.25, 0.3) is 0 Å². The quantitative estimate of drug-likeness (QED) is 0.583. The molecule has 0 aliphatic heterocycles. The number of alkyl halides is 6. The van der Waals surface area contributed by atoms with Crippen LogP contribution in [0.4, 0.5) is 26.3 Å². The van der Waals surface area contributed by atoms with Crippen LogP contribution in [0, 0.1) is 27.7 Å². The van der Waals surface area contributed by atoms with Crippen LogP contribution in [0.5, 0.6) is 11.5 Å². The number of rotatable bonds is 4. The van der Waals surface area contributed by atoms with Crippen LogP contribution in [0.25, 0.3) is 0 Å². The average molecular weight is 404 g/mol. The second kappa shape index (κ2) is 6.06. The zero-order valence-electron chi connectivity index (χ0n) is 15.5. The molecule has 2 aromatic rings. The van der Waals surface area contributed by atoms with E-state index >= 15 is 8.78 Å². The SMILES string of the molecule is Cc1ccc(OC2(F)C(F)(F)C(F)(F)C2(F)Oc2ccc(C)c(C)c2)cc1C. The van der Waals surface area contributed by atoms with Gasteiger partial charge in [0.1, 0.15) is 11.5 Å². The Labute approximate surface area is 158 Å². The molecule has 1 aliphatic rings. The fourth-order valence-corrected chi connectivity index (χ4v) is 2.88. The smallest absolute Gasteiger partial charge is 0.395 e. The average Bonchev–Trinajstić information content (AvgIpc) is 2.60. The van der Waals surface area contributed by atoms with Crippen molar-refractivity contribution < 1.29 is 35.8 Å². The lowest BCUT2D eigenvalue weighted by atomic mass is 9.76. The summed E-state index contributed by atoms with van der Waals surface area (Å²) in [5.74, 6) is -21.4. The van der Waals surface area contributed by atoms with E-state index < -0.39 is 35.1 Å². The molecule has 0 aromatic heterocycles. The van der Waals surface area contributed by atoms with Crippen LogP contribution < -0.4 is 9.47 Å². The van der Waals surface area contributed by atoms with Crippen LogP contribution in [-0.2, 0) is 0 Å². The first-order valence-electron chi connectivity index (χ1n) is 8.43. The molecule has 1 fully saturated rings. The third-order valence-corrected chi connectivity index (χ3v) is 5.09. The third kappa shape index (κ3) is 2.49. The summed E-state index contributed by atoms with van der Waals surface area (Å²) in [4.78, 5) is 0. The highest BCUT2D eigenvalue weighted by atomic mass is 19.3. The van der Waals surface area contributed by atoms with E-state index in [0.717, 1.165) is 35.4 Å². The molecule has 0 spiro atoms. The van der Waals surface area contributed by atoms with Gasteiger partial charge in [0, 0.05) is 0 Å². The summed E-state index contributed by atoms with van der Waals surface area (Å²) in [7, 11) is 0. The van der Waals surface area contributed by atoms with E-state index in [4.69, 9.17) is 0 Å². The van der Waals surface area contributed by atoms with Gasteiger partial charge in [-0.1, -0.05) is 12.1 Å². The van der Waals surface area contributed by atoms with Gasteiger partial charge < -0.3 is 9.47 Å². The second-order valence-corrected chi connectivity index (χ2v) is 7.04. The molecule has 2 nitrogen and oxygen atoms in total. The minimum absolute atomic E-state index is 0.522. The van der Waals surface area contributed by atoms with E-state index in [-0.39, 0.29) is 0 Å². The first-order valence-corrected chi connectivity index (χ1v) is 8.43. The van der Waals surface area contributed by atoms with Crippen LogP contribution in [0.1, 0.15) is 22.3 Å². The fraction of sp³-hybridized carbons (Fsp3) is 0.400. The predicted molar refractivity (Wildman–Crippen MR) is 90.7 cm³/mol. The molecular weight excluding hydrogens is 386 g/mol. The van der Waals surface area contributed by atoms with Gasteiger partial charge in [-0.15, -0.1) is 0 Å². The summed E-state index contributed by atoms with van der Waals surface area (Å²) in [5.41, 5.74) is 2.50. The third-order valence-electron chi connectivity index (χ3n) is 5.09. The molecule has 1 saturated carbocycles. The molecule has 2 unspecified atom stereocenters. The van der Waals surface area contributed by atoms with Crippen molar-refractivity contribution in [3.05, 3.63) is 58.7 Å². The van der Waals surface area contributed by atoms with E-state index in [9.17, 15) is 17.6 Å². The van der Waals surface area contributed by atoms with E-state index in [1.807, 2.05) is 0 Å². The lowest BCUT2D eigenvalue weighted by Crippen LogP contribution is -2.89. The van der Waals surface area contributed by atoms with Gasteiger partial charge in [-0.2, -0.15) is 26.3 Å². The van der Waals surface area contributed by atoms with Crippen molar-refractivity contribution in [2.45, 2.75) is 51.2 Å². The topological polar surface area (TPSA) is 18.5 Å². The Morgan fingerprint density at radius 2 is 0.857 bits per heavy atom. The normalized spacial score (nSPS) is 27.8. The summed E-state index contributed by atoms with van der Waals surface area (Å²) < 4.78 is 95.1. The molecule has 1 aliphatic carbocycles. The number of ether oxygens (including phenoxy) is 2. The number of hydrogen-bond acceptors (Lipinski definition) is 2. The van der Waals surface area contributed by atoms with Crippen LogP contribution in [0.15, 0.2) is 36.4 Å². The Morgan fingerprint density at radius 1 is 0.536 bits per heavy atom. The molecule has 2 atom stereocenters. The lowest BCUT2D eigenvalue weighted by molar-refractivity contribution is -0.527. The minimum atomic E-state index is -5.45. The number of hydrogen-bond donors (Lipinski definition) is 0. The Kier molecular flexibility index (Phi) is 4.40. The summed E-state index contributed by atoms with van der Waals surface area (Å²) >= 11 is 0. The van der Waals surface area contributed by atoms with Crippen molar-refractivity contribution in [2.75, 3.05) is 0 Å². The van der Waals surface area contributed by atoms with Crippen LogP contribution >= 0.6 is 0 Å². The highest BCUT2D eigenvalue weighted by molar-refractivity contribution is 5.39. The molecule has 0 amide bonds. The van der Waals surface area contributed by atoms with Crippen molar-refractivity contribution in [3.63, 3.8) is 0 Å². The standard InChI is InChI=1S/C20H18F6O2/c1-11-5-7-15(9-13(11)3)27-19(25)17(21,22)18(23,24)20(19,26)28-16-8-6-12(2)14(4)10-16/h5-10H,1-4H3. The van der Waals surface area contributed by atoms with Crippen LogP contribution in [-0.4, -0.2) is 23.6 Å². The fourth-order valence-electron chi connectivity index (χ4n) is 2.88. The number of aryl methyl sites for hydroxylation is 4. The maximum Gasteiger partial charge on any atom is 0.395 e. The zero-order valence-corrected chi connectivity index (χ0v) is 15.5. The first-order chi connectivity index (χ1) is 12.8. The number of halogens is 6. The molecular formula is C20H18F6O2. The monoisotopic (exact) mass is 404 g/mol. The maximum absolute atomic E-state index is 15.1. The first kappa shape index (κ1) is 20.4. The molecule has 8 heteroatoms. The zero-order chi connectivity index (χ0) is 21.1. The van der Waals surface area contributed by atoms with E-state index in [1.54, 1.807) is 27.7 Å². The molecule has 0 heterocycles. The number of benzene rings is 2. The van der Waals surface area contributed by atoms with E-state index in [0.29, 0.717) is 11.1 Å². The Hall–Kier alpha value is -2.38. The second-order valence-electron chi connectivity index (χ2n) is 7.04. The predicted octanol–water partition coefficient (Wildman–Crippen LogP) is 5.99.